The lowest BCUT2D eigenvalue weighted by atomic mass is 10.1. The van der Waals surface area contributed by atoms with Crippen LogP contribution in [0.25, 0.3) is 0 Å². The maximum atomic E-state index is 12.9. The van der Waals surface area contributed by atoms with E-state index in [1.54, 1.807) is 6.07 Å². The van der Waals surface area contributed by atoms with Gasteiger partial charge in [-0.25, -0.2) is 4.39 Å². The van der Waals surface area contributed by atoms with Crippen LogP contribution >= 0.6 is 0 Å². The molecule has 20 heavy (non-hydrogen) atoms. The Labute approximate surface area is 117 Å². The van der Waals surface area contributed by atoms with E-state index in [-0.39, 0.29) is 5.82 Å². The zero-order valence-electron chi connectivity index (χ0n) is 11.1. The van der Waals surface area contributed by atoms with E-state index in [4.69, 9.17) is 15.2 Å². The first-order valence-corrected chi connectivity index (χ1v) is 6.65. The van der Waals surface area contributed by atoms with Crippen LogP contribution in [0.3, 0.4) is 0 Å². The fraction of sp³-hybridized carbons (Fsp3) is 0.250. The quantitative estimate of drug-likeness (QED) is 0.871. The van der Waals surface area contributed by atoms with E-state index in [0.29, 0.717) is 18.0 Å². The first kappa shape index (κ1) is 12.8. The van der Waals surface area contributed by atoms with E-state index < -0.39 is 0 Å². The zero-order chi connectivity index (χ0) is 13.9. The van der Waals surface area contributed by atoms with Crippen LogP contribution in [0.2, 0.25) is 0 Å². The van der Waals surface area contributed by atoms with Crippen LogP contribution in [0, 0.1) is 5.82 Å². The fourth-order valence-corrected chi connectivity index (χ4v) is 2.33. The maximum absolute atomic E-state index is 12.9. The summed E-state index contributed by atoms with van der Waals surface area (Å²) in [4.78, 5) is 0. The van der Waals surface area contributed by atoms with Crippen LogP contribution in [-0.2, 0) is 12.8 Å². The molecule has 0 radical (unpaired) electrons. The molecule has 0 atom stereocenters. The molecule has 0 unspecified atom stereocenters. The number of hydrogen-bond donors (Lipinski definition) is 1. The molecule has 2 aromatic rings. The van der Waals surface area contributed by atoms with Crippen molar-refractivity contribution in [3.63, 3.8) is 0 Å². The molecule has 0 amide bonds. The Kier molecular flexibility index (Phi) is 3.46. The number of rotatable bonds is 4. The van der Waals surface area contributed by atoms with E-state index in [1.807, 2.05) is 12.1 Å². The van der Waals surface area contributed by atoms with Gasteiger partial charge in [0.15, 0.2) is 0 Å². The monoisotopic (exact) mass is 273 g/mol. The summed E-state index contributed by atoms with van der Waals surface area (Å²) in [6.45, 7) is 1.27. The number of benzene rings is 2. The molecule has 1 aliphatic heterocycles. The molecule has 0 bridgehead atoms. The lowest BCUT2D eigenvalue weighted by molar-refractivity contribution is 0.323. The number of hydrogen-bond acceptors (Lipinski definition) is 3. The van der Waals surface area contributed by atoms with E-state index in [1.165, 1.54) is 23.3 Å². The highest BCUT2D eigenvalue weighted by molar-refractivity contribution is 5.52. The second kappa shape index (κ2) is 5.41. The van der Waals surface area contributed by atoms with Gasteiger partial charge in [0, 0.05) is 18.9 Å². The van der Waals surface area contributed by atoms with Crippen molar-refractivity contribution in [1.29, 1.82) is 0 Å². The normalized spacial score (nSPS) is 12.8. The lowest BCUT2D eigenvalue weighted by Crippen LogP contribution is -2.03. The average molecular weight is 273 g/mol. The molecule has 104 valence electrons. The first-order valence-electron chi connectivity index (χ1n) is 6.65. The standard InChI is InChI=1S/C16H16FNO2/c17-13-2-4-16(14(18)10-13)20-7-5-11-1-3-15-12(9-11)6-8-19-15/h1-4,9-10H,5-8,18H2. The Morgan fingerprint density at radius 3 is 2.95 bits per heavy atom. The van der Waals surface area contributed by atoms with Gasteiger partial charge in [0.1, 0.15) is 17.3 Å². The number of anilines is 1. The van der Waals surface area contributed by atoms with Crippen LogP contribution in [0.1, 0.15) is 11.1 Å². The van der Waals surface area contributed by atoms with Crippen molar-refractivity contribution in [3.8, 4) is 11.5 Å². The van der Waals surface area contributed by atoms with Crippen LogP contribution in [0.5, 0.6) is 11.5 Å². The van der Waals surface area contributed by atoms with Gasteiger partial charge in [-0.2, -0.15) is 0 Å². The zero-order valence-corrected chi connectivity index (χ0v) is 11.1. The molecule has 0 fully saturated rings. The SMILES string of the molecule is Nc1cc(F)ccc1OCCc1ccc2c(c1)CCO2. The highest BCUT2D eigenvalue weighted by atomic mass is 19.1. The van der Waals surface area contributed by atoms with Crippen molar-refractivity contribution >= 4 is 5.69 Å². The van der Waals surface area contributed by atoms with E-state index in [2.05, 4.69) is 6.07 Å². The molecular formula is C16H16FNO2. The third kappa shape index (κ3) is 2.69. The number of ether oxygens (including phenoxy) is 2. The second-order valence-electron chi connectivity index (χ2n) is 4.82. The van der Waals surface area contributed by atoms with Gasteiger partial charge < -0.3 is 15.2 Å². The Balaban J connectivity index is 1.60. The van der Waals surface area contributed by atoms with Gasteiger partial charge in [-0.3, -0.25) is 0 Å². The molecule has 0 saturated heterocycles. The van der Waals surface area contributed by atoms with E-state index in [0.717, 1.165) is 25.2 Å². The van der Waals surface area contributed by atoms with Gasteiger partial charge in [-0.05, 0) is 29.3 Å². The summed E-state index contributed by atoms with van der Waals surface area (Å²) in [5.41, 5.74) is 8.48. The summed E-state index contributed by atoms with van der Waals surface area (Å²) >= 11 is 0. The number of nitrogen functional groups attached to an aromatic ring is 1. The highest BCUT2D eigenvalue weighted by Gasteiger charge is 2.11. The van der Waals surface area contributed by atoms with Crippen LogP contribution in [0.15, 0.2) is 36.4 Å². The summed E-state index contributed by atoms with van der Waals surface area (Å²) in [7, 11) is 0. The average Bonchev–Trinajstić information content (AvgIpc) is 2.89. The predicted molar refractivity (Wildman–Crippen MR) is 75.7 cm³/mol. The van der Waals surface area contributed by atoms with Crippen molar-refractivity contribution in [2.75, 3.05) is 18.9 Å². The predicted octanol–water partition coefficient (Wildman–Crippen LogP) is 2.96. The first-order chi connectivity index (χ1) is 9.72. The second-order valence-corrected chi connectivity index (χ2v) is 4.82. The molecule has 0 saturated carbocycles. The Hall–Kier alpha value is -2.23. The van der Waals surface area contributed by atoms with Crippen LogP contribution in [-0.4, -0.2) is 13.2 Å². The molecule has 0 aromatic heterocycles. The largest absolute Gasteiger partial charge is 0.493 e. The van der Waals surface area contributed by atoms with Gasteiger partial charge in [-0.15, -0.1) is 0 Å². The van der Waals surface area contributed by atoms with Crippen molar-refractivity contribution in [1.82, 2.24) is 0 Å². The van der Waals surface area contributed by atoms with Gasteiger partial charge >= 0.3 is 0 Å². The summed E-state index contributed by atoms with van der Waals surface area (Å²) in [6, 6.07) is 10.4. The third-order valence-corrected chi connectivity index (χ3v) is 3.37. The summed E-state index contributed by atoms with van der Waals surface area (Å²) < 4.78 is 24.0. The van der Waals surface area contributed by atoms with E-state index >= 15 is 0 Å². The smallest absolute Gasteiger partial charge is 0.142 e. The summed E-state index contributed by atoms with van der Waals surface area (Å²) in [6.07, 6.45) is 1.75. The molecule has 2 N–H and O–H groups in total. The molecule has 3 rings (SSSR count). The minimum absolute atomic E-state index is 0.326. The maximum Gasteiger partial charge on any atom is 0.142 e. The fourth-order valence-electron chi connectivity index (χ4n) is 2.33. The van der Waals surface area contributed by atoms with Crippen LogP contribution < -0.4 is 15.2 Å². The summed E-state index contributed by atoms with van der Waals surface area (Å²) in [5.74, 6) is 1.15. The van der Waals surface area contributed by atoms with Crippen LogP contribution in [0.4, 0.5) is 10.1 Å². The number of nitrogens with two attached hydrogens (primary N) is 1. The van der Waals surface area contributed by atoms with Crippen molar-refractivity contribution in [3.05, 3.63) is 53.3 Å². The molecule has 1 aliphatic rings. The Morgan fingerprint density at radius 1 is 1.20 bits per heavy atom. The van der Waals surface area contributed by atoms with E-state index in [9.17, 15) is 4.39 Å². The molecule has 4 heteroatoms. The van der Waals surface area contributed by atoms with Gasteiger partial charge in [0.05, 0.1) is 18.9 Å². The number of halogens is 1. The number of fused-ring (bicyclic) bond motifs is 1. The van der Waals surface area contributed by atoms with Crippen molar-refractivity contribution < 1.29 is 13.9 Å². The molecule has 0 aliphatic carbocycles. The molecule has 2 aromatic carbocycles. The lowest BCUT2D eigenvalue weighted by Gasteiger charge is -2.09. The molecular weight excluding hydrogens is 257 g/mol. The van der Waals surface area contributed by atoms with Gasteiger partial charge in [0.2, 0.25) is 0 Å². The Bertz CT molecular complexity index is 628. The molecule has 1 heterocycles. The van der Waals surface area contributed by atoms with Gasteiger partial charge in [-0.1, -0.05) is 12.1 Å². The Morgan fingerprint density at radius 2 is 2.10 bits per heavy atom. The van der Waals surface area contributed by atoms with Crippen molar-refractivity contribution in [2.45, 2.75) is 12.8 Å². The molecule has 3 nitrogen and oxygen atoms in total. The highest BCUT2D eigenvalue weighted by Crippen LogP contribution is 2.26. The topological polar surface area (TPSA) is 44.5 Å². The van der Waals surface area contributed by atoms with Crippen molar-refractivity contribution in [2.24, 2.45) is 0 Å². The van der Waals surface area contributed by atoms with Gasteiger partial charge in [0.25, 0.3) is 0 Å². The minimum atomic E-state index is -0.353. The molecule has 0 spiro atoms. The third-order valence-electron chi connectivity index (χ3n) is 3.37. The summed E-state index contributed by atoms with van der Waals surface area (Å²) in [5, 5.41) is 0. The minimum Gasteiger partial charge on any atom is -0.493 e.